The van der Waals surface area contributed by atoms with Crippen LogP contribution in [-0.4, -0.2) is 22.2 Å². The molecule has 0 amide bonds. The Morgan fingerprint density at radius 3 is 1.62 bits per heavy atom. The number of fused-ring (bicyclic) bond motifs is 2. The van der Waals surface area contributed by atoms with Crippen LogP contribution in [0.1, 0.15) is 19.3 Å². The van der Waals surface area contributed by atoms with Crippen LogP contribution in [0, 0.1) is 23.7 Å². The molecule has 0 radical (unpaired) electrons. The van der Waals surface area contributed by atoms with Crippen molar-refractivity contribution >= 4 is 11.9 Å². The van der Waals surface area contributed by atoms with Gasteiger partial charge in [0.2, 0.25) is 0 Å². The first-order valence-corrected chi connectivity index (χ1v) is 4.57. The van der Waals surface area contributed by atoms with Crippen LogP contribution in [-0.2, 0) is 9.59 Å². The van der Waals surface area contributed by atoms with Crippen LogP contribution in [0.3, 0.4) is 0 Å². The van der Waals surface area contributed by atoms with Gasteiger partial charge in [0.1, 0.15) is 0 Å². The molecule has 2 saturated carbocycles. The van der Waals surface area contributed by atoms with Crippen LogP contribution < -0.4 is 0 Å². The van der Waals surface area contributed by atoms with E-state index >= 15 is 0 Å². The molecular formula is C9H12O4. The van der Waals surface area contributed by atoms with Crippen LogP contribution in [0.5, 0.6) is 0 Å². The van der Waals surface area contributed by atoms with Crippen molar-refractivity contribution in [3.05, 3.63) is 0 Å². The largest absolute Gasteiger partial charge is 0.481 e. The van der Waals surface area contributed by atoms with Crippen LogP contribution in [0.4, 0.5) is 0 Å². The minimum Gasteiger partial charge on any atom is -0.481 e. The van der Waals surface area contributed by atoms with E-state index in [0.29, 0.717) is 0 Å². The fourth-order valence-electron chi connectivity index (χ4n) is 3.00. The van der Waals surface area contributed by atoms with Gasteiger partial charge >= 0.3 is 11.9 Å². The van der Waals surface area contributed by atoms with Gasteiger partial charge in [-0.3, -0.25) is 9.59 Å². The molecule has 0 heterocycles. The number of hydrogen-bond donors (Lipinski definition) is 2. The molecule has 4 atom stereocenters. The summed E-state index contributed by atoms with van der Waals surface area (Å²) >= 11 is 0. The second-order valence-electron chi connectivity index (χ2n) is 4.06. The van der Waals surface area contributed by atoms with E-state index in [2.05, 4.69) is 0 Å². The standard InChI is InChI=1S/C9H12O4/c10-8(11)6-4-1-2-5(3-4)7(6)9(12)13/h4-7H,1-3H2,(H,10,11)(H,12,13)/t4-,5-,6+,7+/m0/s1. The number of aliphatic carboxylic acids is 2. The zero-order valence-corrected chi connectivity index (χ0v) is 7.14. The molecule has 2 rings (SSSR count). The molecule has 72 valence electrons. The second-order valence-corrected chi connectivity index (χ2v) is 4.06. The average molecular weight is 184 g/mol. The summed E-state index contributed by atoms with van der Waals surface area (Å²) < 4.78 is 0. The average Bonchev–Trinajstić information content (AvgIpc) is 2.60. The summed E-state index contributed by atoms with van der Waals surface area (Å²) in [7, 11) is 0. The predicted octanol–water partition coefficient (Wildman–Crippen LogP) is 0.818. The molecule has 2 aliphatic rings. The lowest BCUT2D eigenvalue weighted by atomic mass is 9.79. The maximum Gasteiger partial charge on any atom is 0.307 e. The molecule has 4 nitrogen and oxygen atoms in total. The first-order valence-electron chi connectivity index (χ1n) is 4.57. The lowest BCUT2D eigenvalue weighted by Crippen LogP contribution is -2.34. The van der Waals surface area contributed by atoms with E-state index < -0.39 is 23.8 Å². The van der Waals surface area contributed by atoms with E-state index in [1.807, 2.05) is 0 Å². The van der Waals surface area contributed by atoms with E-state index in [1.165, 1.54) is 0 Å². The van der Waals surface area contributed by atoms with Gasteiger partial charge in [0.25, 0.3) is 0 Å². The molecule has 0 aromatic carbocycles. The Morgan fingerprint density at radius 1 is 0.923 bits per heavy atom. The summed E-state index contributed by atoms with van der Waals surface area (Å²) in [5, 5.41) is 17.8. The van der Waals surface area contributed by atoms with Crippen molar-refractivity contribution in [1.29, 1.82) is 0 Å². The highest BCUT2D eigenvalue weighted by Crippen LogP contribution is 2.52. The maximum atomic E-state index is 10.8. The van der Waals surface area contributed by atoms with E-state index in [9.17, 15) is 9.59 Å². The van der Waals surface area contributed by atoms with Crippen molar-refractivity contribution in [1.82, 2.24) is 0 Å². The zero-order valence-electron chi connectivity index (χ0n) is 7.14. The smallest absolute Gasteiger partial charge is 0.307 e. The summed E-state index contributed by atoms with van der Waals surface area (Å²) in [4.78, 5) is 21.7. The Labute approximate surface area is 75.6 Å². The quantitative estimate of drug-likeness (QED) is 0.666. The predicted molar refractivity (Wildman–Crippen MR) is 43.1 cm³/mol. The van der Waals surface area contributed by atoms with Crippen LogP contribution in [0.25, 0.3) is 0 Å². The van der Waals surface area contributed by atoms with Gasteiger partial charge in [0, 0.05) is 0 Å². The van der Waals surface area contributed by atoms with E-state index in [1.54, 1.807) is 0 Å². The topological polar surface area (TPSA) is 74.6 Å². The number of carbonyl (C=O) groups is 2. The molecule has 13 heavy (non-hydrogen) atoms. The lowest BCUT2D eigenvalue weighted by Gasteiger charge is -2.24. The Bertz CT molecular complexity index is 234. The highest BCUT2D eigenvalue weighted by Gasteiger charge is 2.54. The summed E-state index contributed by atoms with van der Waals surface area (Å²) in [6, 6.07) is 0. The molecule has 0 unspecified atom stereocenters. The molecule has 2 fully saturated rings. The molecule has 0 aromatic rings. The Balaban J connectivity index is 2.24. The normalized spacial score (nSPS) is 42.2. The first kappa shape index (κ1) is 8.53. The Morgan fingerprint density at radius 2 is 1.31 bits per heavy atom. The minimum absolute atomic E-state index is 0.114. The van der Waals surface area contributed by atoms with Crippen molar-refractivity contribution in [2.75, 3.05) is 0 Å². The van der Waals surface area contributed by atoms with Gasteiger partial charge in [-0.2, -0.15) is 0 Å². The van der Waals surface area contributed by atoms with Crippen LogP contribution in [0.2, 0.25) is 0 Å². The van der Waals surface area contributed by atoms with Crippen molar-refractivity contribution in [3.8, 4) is 0 Å². The number of rotatable bonds is 2. The number of hydrogen-bond acceptors (Lipinski definition) is 2. The van der Waals surface area contributed by atoms with E-state index in [-0.39, 0.29) is 11.8 Å². The van der Waals surface area contributed by atoms with Crippen LogP contribution in [0.15, 0.2) is 0 Å². The molecule has 0 aromatic heterocycles. The summed E-state index contributed by atoms with van der Waals surface area (Å²) in [5.74, 6) is -2.89. The van der Waals surface area contributed by atoms with Gasteiger partial charge in [-0.05, 0) is 31.1 Å². The van der Waals surface area contributed by atoms with Crippen molar-refractivity contribution in [2.45, 2.75) is 19.3 Å². The first-order chi connectivity index (χ1) is 6.11. The zero-order chi connectivity index (χ0) is 9.59. The molecule has 2 N–H and O–H groups in total. The van der Waals surface area contributed by atoms with Crippen LogP contribution >= 0.6 is 0 Å². The maximum absolute atomic E-state index is 10.8. The lowest BCUT2D eigenvalue weighted by molar-refractivity contribution is -0.156. The third-order valence-electron chi connectivity index (χ3n) is 3.49. The molecule has 0 saturated heterocycles. The summed E-state index contributed by atoms with van der Waals surface area (Å²) in [6.07, 6.45) is 2.59. The number of carboxylic acids is 2. The van der Waals surface area contributed by atoms with Gasteiger partial charge in [-0.25, -0.2) is 0 Å². The monoisotopic (exact) mass is 184 g/mol. The fourth-order valence-corrected chi connectivity index (χ4v) is 3.00. The molecule has 2 bridgehead atoms. The van der Waals surface area contributed by atoms with E-state index in [4.69, 9.17) is 10.2 Å². The third-order valence-corrected chi connectivity index (χ3v) is 3.49. The Hall–Kier alpha value is -1.06. The fraction of sp³-hybridized carbons (Fsp3) is 0.778. The summed E-state index contributed by atoms with van der Waals surface area (Å²) in [6.45, 7) is 0. The SMILES string of the molecule is O=C(O)[C@@H]1[C@H]2CC[C@@H](C2)[C@H]1C(=O)O. The molecule has 4 heteroatoms. The van der Waals surface area contributed by atoms with E-state index in [0.717, 1.165) is 19.3 Å². The highest BCUT2D eigenvalue weighted by atomic mass is 16.4. The minimum atomic E-state index is -0.931. The van der Waals surface area contributed by atoms with Crippen molar-refractivity contribution in [2.24, 2.45) is 23.7 Å². The van der Waals surface area contributed by atoms with Crippen molar-refractivity contribution < 1.29 is 19.8 Å². The van der Waals surface area contributed by atoms with Gasteiger partial charge in [-0.15, -0.1) is 0 Å². The Kier molecular flexibility index (Phi) is 1.78. The third kappa shape index (κ3) is 1.12. The van der Waals surface area contributed by atoms with Gasteiger partial charge < -0.3 is 10.2 Å². The van der Waals surface area contributed by atoms with Gasteiger partial charge in [-0.1, -0.05) is 0 Å². The molecular weight excluding hydrogens is 172 g/mol. The summed E-state index contributed by atoms with van der Waals surface area (Å²) in [5.41, 5.74) is 0. The van der Waals surface area contributed by atoms with Gasteiger partial charge in [0.05, 0.1) is 11.8 Å². The van der Waals surface area contributed by atoms with Gasteiger partial charge in [0.15, 0.2) is 0 Å². The number of carboxylic acid groups (broad SMARTS) is 2. The second kappa shape index (κ2) is 2.72. The molecule has 0 spiro atoms. The highest BCUT2D eigenvalue weighted by molar-refractivity contribution is 5.81. The molecule has 0 aliphatic heterocycles. The van der Waals surface area contributed by atoms with Crippen molar-refractivity contribution in [3.63, 3.8) is 0 Å². The molecule has 2 aliphatic carbocycles.